The number of nitrogens with one attached hydrogen (secondary N) is 1. The molecule has 0 aliphatic rings. The molecule has 8 nitrogen and oxygen atoms in total. The largest absolute Gasteiger partial charge is 0.348 e. The van der Waals surface area contributed by atoms with Crippen LogP contribution in [0.4, 0.5) is 0 Å². The van der Waals surface area contributed by atoms with Crippen LogP contribution in [0.25, 0.3) is 11.5 Å². The van der Waals surface area contributed by atoms with Crippen LogP contribution >= 0.6 is 0 Å². The van der Waals surface area contributed by atoms with Crippen LogP contribution in [0.5, 0.6) is 0 Å². The summed E-state index contributed by atoms with van der Waals surface area (Å²) >= 11 is 0. The zero-order chi connectivity index (χ0) is 18.8. The fourth-order valence-electron chi connectivity index (χ4n) is 2.67. The number of aryl methyl sites for hydroxylation is 1. The van der Waals surface area contributed by atoms with E-state index in [1.54, 1.807) is 41.6 Å². The summed E-state index contributed by atoms with van der Waals surface area (Å²) in [5, 5.41) is 6.84. The quantitative estimate of drug-likeness (QED) is 0.595. The number of hydrogen-bond acceptors (Lipinski definition) is 5. The number of amides is 1. The van der Waals surface area contributed by atoms with E-state index >= 15 is 0 Å². The lowest BCUT2D eigenvalue weighted by Crippen LogP contribution is -2.31. The van der Waals surface area contributed by atoms with Gasteiger partial charge in [-0.05, 0) is 42.3 Å². The third-order valence-corrected chi connectivity index (χ3v) is 4.11. The fraction of sp³-hybridized carbons (Fsp3) is 0.105. The van der Waals surface area contributed by atoms with Gasteiger partial charge in [0.25, 0.3) is 11.5 Å². The number of rotatable bonds is 4. The Bertz CT molecular complexity index is 1160. The van der Waals surface area contributed by atoms with Crippen LogP contribution in [0.2, 0.25) is 0 Å². The third kappa shape index (κ3) is 3.32. The molecule has 0 radical (unpaired) electrons. The van der Waals surface area contributed by atoms with E-state index in [0.717, 1.165) is 11.1 Å². The number of carbonyl (C=O) groups is 1. The van der Waals surface area contributed by atoms with Crippen molar-refractivity contribution in [1.29, 1.82) is 0 Å². The molecule has 0 fully saturated rings. The number of carbonyl (C=O) groups excluding carboxylic acids is 1. The predicted molar refractivity (Wildman–Crippen MR) is 98.7 cm³/mol. The van der Waals surface area contributed by atoms with E-state index in [1.807, 2.05) is 25.1 Å². The number of pyridine rings is 2. The molecule has 27 heavy (non-hydrogen) atoms. The van der Waals surface area contributed by atoms with Crippen LogP contribution < -0.4 is 10.9 Å². The molecule has 4 aromatic rings. The molecule has 8 heteroatoms. The molecule has 0 aromatic carbocycles. The molecule has 1 amide bonds. The Hall–Kier alpha value is -3.81. The van der Waals surface area contributed by atoms with Gasteiger partial charge in [-0.3, -0.25) is 14.0 Å². The van der Waals surface area contributed by atoms with E-state index in [0.29, 0.717) is 11.5 Å². The number of fused-ring (bicyclic) bond motifs is 1. The van der Waals surface area contributed by atoms with Crippen molar-refractivity contribution in [3.63, 3.8) is 0 Å². The van der Waals surface area contributed by atoms with E-state index in [2.05, 4.69) is 20.4 Å². The number of hydrogen-bond donors (Lipinski definition) is 1. The van der Waals surface area contributed by atoms with Gasteiger partial charge in [0.05, 0.1) is 0 Å². The third-order valence-electron chi connectivity index (χ3n) is 4.11. The van der Waals surface area contributed by atoms with Crippen molar-refractivity contribution < 1.29 is 4.79 Å². The van der Waals surface area contributed by atoms with Crippen LogP contribution in [-0.4, -0.2) is 30.1 Å². The summed E-state index contributed by atoms with van der Waals surface area (Å²) in [6.45, 7) is 2.17. The molecule has 0 unspecified atom stereocenters. The van der Waals surface area contributed by atoms with Crippen molar-refractivity contribution in [2.45, 2.75) is 13.5 Å². The van der Waals surface area contributed by atoms with Gasteiger partial charge in [-0.1, -0.05) is 6.07 Å². The zero-order valence-electron chi connectivity index (χ0n) is 14.5. The topological polar surface area (TPSA) is 94.2 Å². The molecule has 4 rings (SSSR count). The Kier molecular flexibility index (Phi) is 4.21. The van der Waals surface area contributed by atoms with Gasteiger partial charge in [0.2, 0.25) is 0 Å². The van der Waals surface area contributed by atoms with E-state index in [-0.39, 0.29) is 12.1 Å². The molecule has 0 aliphatic heterocycles. The summed E-state index contributed by atoms with van der Waals surface area (Å²) < 4.78 is 3.01. The molecule has 134 valence electrons. The van der Waals surface area contributed by atoms with Crippen molar-refractivity contribution in [2.24, 2.45) is 0 Å². The minimum absolute atomic E-state index is 0.00234. The van der Waals surface area contributed by atoms with Gasteiger partial charge >= 0.3 is 0 Å². The van der Waals surface area contributed by atoms with E-state index in [4.69, 9.17) is 0 Å². The summed E-state index contributed by atoms with van der Waals surface area (Å²) in [5.74, 6) is 0.209. The molecule has 4 heterocycles. The van der Waals surface area contributed by atoms with E-state index in [1.165, 1.54) is 10.6 Å². The smallest absolute Gasteiger partial charge is 0.270 e. The predicted octanol–water partition coefficient (Wildman–Crippen LogP) is 1.51. The molecule has 0 bridgehead atoms. The van der Waals surface area contributed by atoms with Crippen molar-refractivity contribution in [2.75, 3.05) is 0 Å². The average molecular weight is 360 g/mol. The van der Waals surface area contributed by atoms with E-state index in [9.17, 15) is 9.59 Å². The van der Waals surface area contributed by atoms with Crippen molar-refractivity contribution in [1.82, 2.24) is 29.5 Å². The minimum Gasteiger partial charge on any atom is -0.348 e. The van der Waals surface area contributed by atoms with Crippen LogP contribution in [-0.2, 0) is 6.54 Å². The first-order valence-electron chi connectivity index (χ1n) is 8.33. The summed E-state index contributed by atoms with van der Waals surface area (Å²) in [5.41, 5.74) is 1.91. The van der Waals surface area contributed by atoms with Gasteiger partial charge in [0.15, 0.2) is 5.82 Å². The SMILES string of the molecule is Cc1ccn2c(=O)c(C(=O)NCc3ccc(-n4cccn4)nc3)cnc2c1. The van der Waals surface area contributed by atoms with Crippen LogP contribution in [0.1, 0.15) is 21.5 Å². The normalized spacial score (nSPS) is 10.9. The molecule has 0 atom stereocenters. The van der Waals surface area contributed by atoms with Crippen molar-refractivity contribution >= 4 is 11.6 Å². The standard InChI is InChI=1S/C19H16N6O2/c1-13-5-8-24-17(9-13)21-12-15(19(24)27)18(26)22-11-14-3-4-16(20-10-14)25-7-2-6-23-25/h2-10,12H,11H2,1H3,(H,22,26). The second-order valence-electron chi connectivity index (χ2n) is 6.07. The Morgan fingerprint density at radius 3 is 2.78 bits per heavy atom. The molecule has 1 N–H and O–H groups in total. The van der Waals surface area contributed by atoms with Gasteiger partial charge in [-0.25, -0.2) is 14.6 Å². The van der Waals surface area contributed by atoms with Crippen LogP contribution in [0, 0.1) is 6.92 Å². The molecular weight excluding hydrogens is 344 g/mol. The summed E-state index contributed by atoms with van der Waals surface area (Å²) in [7, 11) is 0. The Labute approximate surface area is 154 Å². The maximum atomic E-state index is 12.5. The Balaban J connectivity index is 1.49. The lowest BCUT2D eigenvalue weighted by molar-refractivity contribution is 0.0949. The second-order valence-corrected chi connectivity index (χ2v) is 6.07. The molecule has 0 aliphatic carbocycles. The van der Waals surface area contributed by atoms with Gasteiger partial charge in [0, 0.05) is 37.5 Å². The fourth-order valence-corrected chi connectivity index (χ4v) is 2.67. The highest BCUT2D eigenvalue weighted by molar-refractivity contribution is 5.93. The molecule has 0 saturated heterocycles. The first-order valence-corrected chi connectivity index (χ1v) is 8.33. The Morgan fingerprint density at radius 2 is 2.04 bits per heavy atom. The van der Waals surface area contributed by atoms with Crippen LogP contribution in [0.3, 0.4) is 0 Å². The minimum atomic E-state index is -0.473. The average Bonchev–Trinajstić information content (AvgIpc) is 3.21. The maximum absolute atomic E-state index is 12.5. The number of nitrogens with zero attached hydrogens (tertiary/aromatic N) is 5. The molecule has 0 saturated carbocycles. The summed E-state index contributed by atoms with van der Waals surface area (Å²) in [6.07, 6.45) is 8.06. The number of aromatic nitrogens is 5. The zero-order valence-corrected chi connectivity index (χ0v) is 14.5. The summed E-state index contributed by atoms with van der Waals surface area (Å²) in [4.78, 5) is 33.4. The molecule has 0 spiro atoms. The first kappa shape index (κ1) is 16.6. The lowest BCUT2D eigenvalue weighted by Gasteiger charge is -2.07. The van der Waals surface area contributed by atoms with Gasteiger partial charge in [-0.2, -0.15) is 5.10 Å². The highest BCUT2D eigenvalue weighted by atomic mass is 16.2. The molecular formula is C19H16N6O2. The monoisotopic (exact) mass is 360 g/mol. The highest BCUT2D eigenvalue weighted by Crippen LogP contribution is 2.05. The highest BCUT2D eigenvalue weighted by Gasteiger charge is 2.13. The van der Waals surface area contributed by atoms with E-state index < -0.39 is 11.5 Å². The second kappa shape index (κ2) is 6.83. The first-order chi connectivity index (χ1) is 13.1. The van der Waals surface area contributed by atoms with Gasteiger partial charge in [-0.15, -0.1) is 0 Å². The van der Waals surface area contributed by atoms with Gasteiger partial charge in [0.1, 0.15) is 11.2 Å². The lowest BCUT2D eigenvalue weighted by atomic mass is 10.2. The Morgan fingerprint density at radius 1 is 1.15 bits per heavy atom. The van der Waals surface area contributed by atoms with Crippen molar-refractivity contribution in [3.05, 3.63) is 88.4 Å². The summed E-state index contributed by atoms with van der Waals surface area (Å²) in [6, 6.07) is 9.05. The molecule has 4 aromatic heterocycles. The van der Waals surface area contributed by atoms with Gasteiger partial charge < -0.3 is 5.32 Å². The van der Waals surface area contributed by atoms with Crippen molar-refractivity contribution in [3.8, 4) is 5.82 Å². The van der Waals surface area contributed by atoms with Crippen LogP contribution in [0.15, 0.2) is 66.1 Å². The maximum Gasteiger partial charge on any atom is 0.270 e.